The van der Waals surface area contributed by atoms with Gasteiger partial charge >= 0.3 is 0 Å². The van der Waals surface area contributed by atoms with Crippen molar-refractivity contribution in [2.75, 3.05) is 26.2 Å². The second-order valence-corrected chi connectivity index (χ2v) is 7.33. The summed E-state index contributed by atoms with van der Waals surface area (Å²) >= 11 is 0. The second kappa shape index (κ2) is 8.63. The van der Waals surface area contributed by atoms with E-state index in [1.165, 1.54) is 0 Å². The number of amides is 1. The molecule has 2 fully saturated rings. The molecular formula is C20H26N4O3. The third-order valence-electron chi connectivity index (χ3n) is 5.26. The van der Waals surface area contributed by atoms with Crippen LogP contribution in [0.3, 0.4) is 0 Å². The van der Waals surface area contributed by atoms with E-state index in [-0.39, 0.29) is 17.9 Å². The molecule has 3 heterocycles. The Kier molecular flexibility index (Phi) is 5.79. The Hall–Kier alpha value is -2.25. The van der Waals surface area contributed by atoms with Crippen LogP contribution in [0.25, 0.3) is 11.4 Å². The second-order valence-electron chi connectivity index (χ2n) is 7.33. The van der Waals surface area contributed by atoms with E-state index in [1.54, 1.807) is 0 Å². The van der Waals surface area contributed by atoms with Gasteiger partial charge in [0, 0.05) is 25.3 Å². The Morgan fingerprint density at radius 2 is 2.11 bits per heavy atom. The topological polar surface area (TPSA) is 80.5 Å². The lowest BCUT2D eigenvalue weighted by molar-refractivity contribution is -0.127. The van der Waals surface area contributed by atoms with Crippen molar-refractivity contribution in [3.63, 3.8) is 0 Å². The van der Waals surface area contributed by atoms with E-state index in [9.17, 15) is 4.79 Å². The van der Waals surface area contributed by atoms with Crippen molar-refractivity contribution in [3.8, 4) is 11.4 Å². The molecule has 7 nitrogen and oxygen atoms in total. The SMILES string of the molecule is O=C(NCC1CCCO1)C1CCCN(Cc2nc(-c3ccccc3)no2)C1. The van der Waals surface area contributed by atoms with Crippen LogP contribution in [0.4, 0.5) is 0 Å². The molecule has 0 bridgehead atoms. The van der Waals surface area contributed by atoms with Gasteiger partial charge in [-0.25, -0.2) is 0 Å². The zero-order chi connectivity index (χ0) is 18.5. The largest absolute Gasteiger partial charge is 0.376 e. The number of carbonyl (C=O) groups excluding carboxylic acids is 1. The number of benzene rings is 1. The van der Waals surface area contributed by atoms with Gasteiger partial charge in [0.1, 0.15) is 0 Å². The van der Waals surface area contributed by atoms with Crippen LogP contribution in [0.5, 0.6) is 0 Å². The number of aromatic nitrogens is 2. The van der Waals surface area contributed by atoms with Crippen molar-refractivity contribution in [3.05, 3.63) is 36.2 Å². The average Bonchev–Trinajstić information content (AvgIpc) is 3.39. The van der Waals surface area contributed by atoms with E-state index in [1.807, 2.05) is 30.3 Å². The van der Waals surface area contributed by atoms with Crippen molar-refractivity contribution < 1.29 is 14.1 Å². The molecule has 0 aliphatic carbocycles. The first kappa shape index (κ1) is 18.1. The smallest absolute Gasteiger partial charge is 0.241 e. The van der Waals surface area contributed by atoms with E-state index < -0.39 is 0 Å². The molecule has 2 unspecified atom stereocenters. The van der Waals surface area contributed by atoms with Gasteiger partial charge in [-0.3, -0.25) is 9.69 Å². The number of piperidine rings is 1. The first-order valence-electron chi connectivity index (χ1n) is 9.77. The van der Waals surface area contributed by atoms with Gasteiger partial charge in [0.05, 0.1) is 18.6 Å². The molecule has 0 spiro atoms. The fraction of sp³-hybridized carbons (Fsp3) is 0.550. The summed E-state index contributed by atoms with van der Waals surface area (Å²) in [6.07, 6.45) is 4.23. The van der Waals surface area contributed by atoms with Crippen molar-refractivity contribution in [1.29, 1.82) is 0 Å². The third-order valence-corrected chi connectivity index (χ3v) is 5.26. The number of hydrogen-bond donors (Lipinski definition) is 1. The molecule has 0 radical (unpaired) electrons. The highest BCUT2D eigenvalue weighted by Crippen LogP contribution is 2.20. The summed E-state index contributed by atoms with van der Waals surface area (Å²) < 4.78 is 11.0. The molecule has 1 N–H and O–H groups in total. The lowest BCUT2D eigenvalue weighted by Gasteiger charge is -2.31. The highest BCUT2D eigenvalue weighted by Gasteiger charge is 2.27. The molecular weight excluding hydrogens is 344 g/mol. The first-order valence-corrected chi connectivity index (χ1v) is 9.77. The molecule has 0 saturated carbocycles. The molecule has 2 aliphatic rings. The lowest BCUT2D eigenvalue weighted by Crippen LogP contribution is -2.44. The van der Waals surface area contributed by atoms with Crippen LogP contribution in [0.2, 0.25) is 0 Å². The van der Waals surface area contributed by atoms with Crippen LogP contribution < -0.4 is 5.32 Å². The Morgan fingerprint density at radius 3 is 2.93 bits per heavy atom. The summed E-state index contributed by atoms with van der Waals surface area (Å²) in [6, 6.07) is 9.79. The number of carbonyl (C=O) groups is 1. The Labute approximate surface area is 159 Å². The third kappa shape index (κ3) is 4.73. The Morgan fingerprint density at radius 1 is 1.22 bits per heavy atom. The van der Waals surface area contributed by atoms with Gasteiger partial charge in [-0.2, -0.15) is 4.98 Å². The van der Waals surface area contributed by atoms with Gasteiger partial charge in [-0.05, 0) is 32.2 Å². The van der Waals surface area contributed by atoms with Gasteiger partial charge in [-0.15, -0.1) is 0 Å². The Bertz CT molecular complexity index is 743. The van der Waals surface area contributed by atoms with Crippen molar-refractivity contribution >= 4 is 5.91 Å². The molecule has 144 valence electrons. The number of rotatable bonds is 6. The van der Waals surface area contributed by atoms with Crippen LogP contribution in [-0.4, -0.2) is 53.3 Å². The van der Waals surface area contributed by atoms with Crippen LogP contribution in [0, 0.1) is 5.92 Å². The maximum Gasteiger partial charge on any atom is 0.241 e. The predicted molar refractivity (Wildman–Crippen MR) is 99.7 cm³/mol. The van der Waals surface area contributed by atoms with Crippen LogP contribution in [0.15, 0.2) is 34.9 Å². The van der Waals surface area contributed by atoms with Gasteiger partial charge in [0.2, 0.25) is 17.6 Å². The van der Waals surface area contributed by atoms with Gasteiger partial charge in [-0.1, -0.05) is 35.5 Å². The maximum atomic E-state index is 12.5. The number of hydrogen-bond acceptors (Lipinski definition) is 6. The minimum absolute atomic E-state index is 0.0108. The molecule has 2 saturated heterocycles. The number of nitrogens with zero attached hydrogens (tertiary/aromatic N) is 3. The van der Waals surface area contributed by atoms with E-state index in [0.717, 1.165) is 50.9 Å². The molecule has 2 aliphatic heterocycles. The lowest BCUT2D eigenvalue weighted by atomic mass is 9.97. The monoisotopic (exact) mass is 370 g/mol. The predicted octanol–water partition coefficient (Wildman–Crippen LogP) is 2.24. The first-order chi connectivity index (χ1) is 13.3. The van der Waals surface area contributed by atoms with E-state index in [0.29, 0.717) is 24.8 Å². The van der Waals surface area contributed by atoms with E-state index in [4.69, 9.17) is 9.26 Å². The molecule has 1 amide bonds. The summed E-state index contributed by atoms with van der Waals surface area (Å²) in [5, 5.41) is 7.14. The molecule has 2 aromatic rings. The fourth-order valence-corrected chi connectivity index (χ4v) is 3.79. The summed E-state index contributed by atoms with van der Waals surface area (Å²) in [6.45, 7) is 3.68. The standard InChI is InChI=1S/C20H26N4O3/c25-20(21-12-17-9-5-11-26-17)16-8-4-10-24(13-16)14-18-22-19(23-27-18)15-6-2-1-3-7-15/h1-3,6-7,16-17H,4-5,8-14H2,(H,21,25). The van der Waals surface area contributed by atoms with E-state index in [2.05, 4.69) is 20.4 Å². The van der Waals surface area contributed by atoms with E-state index >= 15 is 0 Å². The molecule has 7 heteroatoms. The summed E-state index contributed by atoms with van der Waals surface area (Å²) in [5.74, 6) is 1.34. The zero-order valence-electron chi connectivity index (χ0n) is 15.5. The Balaban J connectivity index is 1.29. The van der Waals surface area contributed by atoms with Gasteiger partial charge in [0.25, 0.3) is 0 Å². The van der Waals surface area contributed by atoms with Crippen molar-refractivity contribution in [1.82, 2.24) is 20.4 Å². The van der Waals surface area contributed by atoms with Gasteiger partial charge < -0.3 is 14.6 Å². The number of likely N-dealkylation sites (tertiary alicyclic amines) is 1. The highest BCUT2D eigenvalue weighted by atomic mass is 16.5. The molecule has 4 rings (SSSR count). The van der Waals surface area contributed by atoms with Gasteiger partial charge in [0.15, 0.2) is 0 Å². The maximum absolute atomic E-state index is 12.5. The summed E-state index contributed by atoms with van der Waals surface area (Å²) in [4.78, 5) is 19.2. The molecule has 27 heavy (non-hydrogen) atoms. The number of ether oxygens (including phenoxy) is 1. The molecule has 1 aromatic heterocycles. The minimum Gasteiger partial charge on any atom is -0.376 e. The van der Waals surface area contributed by atoms with Crippen LogP contribution in [0.1, 0.15) is 31.6 Å². The fourth-order valence-electron chi connectivity index (χ4n) is 3.79. The van der Waals surface area contributed by atoms with Crippen molar-refractivity contribution in [2.24, 2.45) is 5.92 Å². The summed E-state index contributed by atoms with van der Waals surface area (Å²) in [7, 11) is 0. The highest BCUT2D eigenvalue weighted by molar-refractivity contribution is 5.79. The minimum atomic E-state index is 0.0108. The quantitative estimate of drug-likeness (QED) is 0.840. The van der Waals surface area contributed by atoms with Crippen LogP contribution >= 0.6 is 0 Å². The molecule has 2 atom stereocenters. The zero-order valence-corrected chi connectivity index (χ0v) is 15.5. The average molecular weight is 370 g/mol. The van der Waals surface area contributed by atoms with Crippen molar-refractivity contribution in [2.45, 2.75) is 38.3 Å². The number of nitrogens with one attached hydrogen (secondary N) is 1. The molecule has 1 aromatic carbocycles. The normalized spacial score (nSPS) is 23.4. The van der Waals surface area contributed by atoms with Crippen LogP contribution in [-0.2, 0) is 16.1 Å². The summed E-state index contributed by atoms with van der Waals surface area (Å²) in [5.41, 5.74) is 0.942.